The maximum atomic E-state index is 13.4. The second-order valence-electron chi connectivity index (χ2n) is 8.25. The normalized spacial score (nSPS) is 21.4. The molecule has 1 aromatic heterocycles. The molecule has 0 fully saturated rings. The first-order valence-electron chi connectivity index (χ1n) is 10.9. The Bertz CT molecular complexity index is 1600. The number of carbonyl (C=O) groups is 1. The molecule has 3 atom stereocenters. The molecule has 1 unspecified atom stereocenters. The molecule has 0 spiro atoms. The Morgan fingerprint density at radius 1 is 1.14 bits per heavy atom. The highest BCUT2D eigenvalue weighted by atomic mass is 35.5. The van der Waals surface area contributed by atoms with Crippen molar-refractivity contribution >= 4 is 70.4 Å². The van der Waals surface area contributed by atoms with Crippen LogP contribution in [0.25, 0.3) is 0 Å². The second-order valence-corrected chi connectivity index (χ2v) is 14.6. The molecule has 2 aliphatic heterocycles. The van der Waals surface area contributed by atoms with E-state index in [0.29, 0.717) is 33.1 Å². The van der Waals surface area contributed by atoms with Crippen LogP contribution in [0.3, 0.4) is 0 Å². The third-order valence-corrected chi connectivity index (χ3v) is 12.0. The maximum absolute atomic E-state index is 13.4. The number of halogens is 3. The number of sulfonamides is 1. The molecule has 15 heteroatoms. The van der Waals surface area contributed by atoms with E-state index in [4.69, 9.17) is 34.8 Å². The lowest BCUT2D eigenvalue weighted by Crippen LogP contribution is -2.50. The van der Waals surface area contributed by atoms with Gasteiger partial charge in [0.1, 0.15) is 16.3 Å². The number of nitrogens with zero attached hydrogens (tertiary/aromatic N) is 4. The summed E-state index contributed by atoms with van der Waals surface area (Å²) >= 11 is 18.2. The highest BCUT2D eigenvalue weighted by molar-refractivity contribution is 8.31. The van der Waals surface area contributed by atoms with Gasteiger partial charge < -0.3 is 5.32 Å². The fraction of sp³-hybridized carbons (Fsp3) is 0.227. The Morgan fingerprint density at radius 2 is 1.95 bits per heavy atom. The summed E-state index contributed by atoms with van der Waals surface area (Å²) in [7, 11) is -4.03. The van der Waals surface area contributed by atoms with Crippen molar-refractivity contribution in [2.24, 2.45) is 0 Å². The SMILES string of the molecule is O=S=[S@@]1CCC(n2cc(C[C@@H]3C(=O)NC=CN3S(=O)(=O)c3ccc(Cl)c(Cl)c3)nn2)c2cc(Cl)ccc21. The highest BCUT2D eigenvalue weighted by Gasteiger charge is 2.37. The molecule has 0 bridgehead atoms. The van der Waals surface area contributed by atoms with E-state index in [9.17, 15) is 17.4 Å². The Morgan fingerprint density at radius 3 is 2.70 bits per heavy atom. The minimum atomic E-state index is -4.13. The van der Waals surface area contributed by atoms with E-state index in [1.807, 2.05) is 12.1 Å². The number of amides is 1. The molecule has 3 heterocycles. The molecule has 3 aromatic rings. The lowest BCUT2D eigenvalue weighted by atomic mass is 10.0. The van der Waals surface area contributed by atoms with Crippen molar-refractivity contribution in [3.63, 3.8) is 0 Å². The number of fused-ring (bicyclic) bond motifs is 1. The molecule has 0 saturated heterocycles. The molecule has 37 heavy (non-hydrogen) atoms. The minimum Gasteiger partial charge on any atom is -0.329 e. The zero-order chi connectivity index (χ0) is 26.3. The predicted molar refractivity (Wildman–Crippen MR) is 143 cm³/mol. The molecule has 1 amide bonds. The summed E-state index contributed by atoms with van der Waals surface area (Å²) in [6.07, 6.45) is 4.89. The monoisotopic (exact) mass is 617 g/mol. The van der Waals surface area contributed by atoms with Gasteiger partial charge in [-0.15, -0.1) is 5.10 Å². The number of carbonyl (C=O) groups excluding carboxylic acids is 1. The predicted octanol–water partition coefficient (Wildman–Crippen LogP) is 3.54. The van der Waals surface area contributed by atoms with Crippen molar-refractivity contribution < 1.29 is 17.4 Å². The standard InChI is InChI=1S/C22H18Cl3N5O4S3/c23-13-1-4-21-16(9-13)19(5-8-36(21)35-32)29-12-14(27-28-29)10-20-22(31)26-6-7-30(20)37(33,34)15-2-3-17(24)18(25)11-15/h1-4,6-7,9,11-12,19-20H,5,8,10H2,(H,26,31)/t19?,20-,36-/m1/s1. The summed E-state index contributed by atoms with van der Waals surface area (Å²) in [6.45, 7) is 0. The second kappa shape index (κ2) is 10.5. The number of benzene rings is 2. The number of aromatic nitrogens is 3. The summed E-state index contributed by atoms with van der Waals surface area (Å²) < 4.78 is 41.1. The summed E-state index contributed by atoms with van der Waals surface area (Å²) in [6, 6.07) is 8.14. The van der Waals surface area contributed by atoms with Crippen LogP contribution < -0.4 is 5.32 Å². The molecular formula is C22H18Cl3N5O4S3. The van der Waals surface area contributed by atoms with Crippen molar-refractivity contribution in [1.82, 2.24) is 24.6 Å². The van der Waals surface area contributed by atoms with Gasteiger partial charge in [-0.3, -0.25) is 9.10 Å². The number of rotatable bonds is 5. The van der Waals surface area contributed by atoms with E-state index in [-0.39, 0.29) is 27.4 Å². The fourth-order valence-electron chi connectivity index (χ4n) is 4.27. The van der Waals surface area contributed by atoms with Crippen LogP contribution in [0.1, 0.15) is 23.7 Å². The zero-order valence-electron chi connectivity index (χ0n) is 18.8. The molecule has 9 nitrogen and oxygen atoms in total. The first kappa shape index (κ1) is 26.4. The average Bonchev–Trinajstić information content (AvgIpc) is 3.34. The van der Waals surface area contributed by atoms with Gasteiger partial charge in [-0.25, -0.2) is 17.3 Å². The molecule has 1 N–H and O–H groups in total. The molecule has 2 aliphatic rings. The summed E-state index contributed by atoms with van der Waals surface area (Å²) in [4.78, 5) is 13.6. The quantitative estimate of drug-likeness (QED) is 0.468. The van der Waals surface area contributed by atoms with Crippen LogP contribution >= 0.6 is 34.8 Å². The van der Waals surface area contributed by atoms with Crippen LogP contribution in [0.2, 0.25) is 15.1 Å². The Labute approximate surface area is 233 Å². The van der Waals surface area contributed by atoms with Crippen molar-refractivity contribution in [3.05, 3.63) is 81.3 Å². The van der Waals surface area contributed by atoms with E-state index >= 15 is 0 Å². The minimum absolute atomic E-state index is 0.0212. The van der Waals surface area contributed by atoms with Gasteiger partial charge in [-0.1, -0.05) is 49.5 Å². The van der Waals surface area contributed by atoms with Gasteiger partial charge in [-0.2, -0.15) is 0 Å². The number of hydrogen-bond donors (Lipinski definition) is 1. The van der Waals surface area contributed by atoms with Gasteiger partial charge >= 0.3 is 0 Å². The van der Waals surface area contributed by atoms with E-state index < -0.39 is 31.4 Å². The van der Waals surface area contributed by atoms with Gasteiger partial charge in [0, 0.05) is 40.7 Å². The van der Waals surface area contributed by atoms with Crippen molar-refractivity contribution in [2.45, 2.75) is 34.7 Å². The van der Waals surface area contributed by atoms with E-state index in [1.165, 1.54) is 30.6 Å². The summed E-state index contributed by atoms with van der Waals surface area (Å²) in [5, 5.41) is 11.9. The highest BCUT2D eigenvalue weighted by Crippen LogP contribution is 2.35. The van der Waals surface area contributed by atoms with Gasteiger partial charge in [0.2, 0.25) is 5.91 Å². The molecular weight excluding hydrogens is 601 g/mol. The van der Waals surface area contributed by atoms with Gasteiger partial charge in [0.25, 0.3) is 10.0 Å². The van der Waals surface area contributed by atoms with Crippen molar-refractivity contribution in [1.29, 1.82) is 0 Å². The van der Waals surface area contributed by atoms with Crippen LogP contribution in [0.5, 0.6) is 0 Å². The van der Waals surface area contributed by atoms with Crippen LogP contribution in [-0.4, -0.2) is 49.6 Å². The van der Waals surface area contributed by atoms with Crippen LogP contribution in [0, 0.1) is 0 Å². The van der Waals surface area contributed by atoms with Crippen LogP contribution in [0.15, 0.2) is 64.8 Å². The lowest BCUT2D eigenvalue weighted by Gasteiger charge is -2.31. The largest absolute Gasteiger partial charge is 0.329 e. The first-order valence-corrected chi connectivity index (χ1v) is 16.1. The Balaban J connectivity index is 1.45. The van der Waals surface area contributed by atoms with E-state index in [0.717, 1.165) is 14.8 Å². The van der Waals surface area contributed by atoms with Crippen molar-refractivity contribution in [2.75, 3.05) is 5.75 Å². The lowest BCUT2D eigenvalue weighted by molar-refractivity contribution is -0.124. The van der Waals surface area contributed by atoms with Crippen molar-refractivity contribution in [3.8, 4) is 0 Å². The van der Waals surface area contributed by atoms with Gasteiger partial charge in [0.15, 0.2) is 0 Å². The third kappa shape index (κ3) is 5.10. The summed E-state index contributed by atoms with van der Waals surface area (Å²) in [5.41, 5.74) is 1.33. The van der Waals surface area contributed by atoms with E-state index in [2.05, 4.69) is 15.6 Å². The smallest absolute Gasteiger partial charge is 0.264 e. The van der Waals surface area contributed by atoms with Crippen LogP contribution in [0.4, 0.5) is 0 Å². The maximum Gasteiger partial charge on any atom is 0.264 e. The average molecular weight is 619 g/mol. The van der Waals surface area contributed by atoms with Crippen LogP contribution in [-0.2, 0) is 40.9 Å². The summed E-state index contributed by atoms with van der Waals surface area (Å²) in [5.74, 6) is 0.181. The molecule has 0 radical (unpaired) electrons. The number of hydrogen-bond acceptors (Lipinski definition) is 6. The molecule has 0 aliphatic carbocycles. The topological polar surface area (TPSA) is 114 Å². The molecule has 5 rings (SSSR count). The first-order chi connectivity index (χ1) is 17.7. The Kier molecular flexibility index (Phi) is 7.49. The van der Waals surface area contributed by atoms with Gasteiger partial charge in [0.05, 0.1) is 26.7 Å². The van der Waals surface area contributed by atoms with E-state index in [1.54, 1.807) is 16.9 Å². The van der Waals surface area contributed by atoms with Gasteiger partial charge in [-0.05, 0) is 48.4 Å². The zero-order valence-corrected chi connectivity index (χ0v) is 23.5. The molecule has 194 valence electrons. The molecule has 0 saturated carbocycles. The Hall–Kier alpha value is -2.22. The number of nitrogens with one attached hydrogen (secondary N) is 1. The fourth-order valence-corrected chi connectivity index (χ4v) is 8.94. The molecule has 2 aromatic carbocycles. The third-order valence-electron chi connectivity index (χ3n) is 6.04.